The van der Waals surface area contributed by atoms with Gasteiger partial charge < -0.3 is 4.90 Å². The maximum absolute atomic E-state index is 13.2. The van der Waals surface area contributed by atoms with Crippen LogP contribution in [0, 0.1) is 11.8 Å². The number of hydrogen-bond acceptors (Lipinski definition) is 3. The van der Waals surface area contributed by atoms with Gasteiger partial charge in [-0.2, -0.15) is 0 Å². The molecule has 0 N–H and O–H groups in total. The molecule has 3 heterocycles. The van der Waals surface area contributed by atoms with Gasteiger partial charge in [0.25, 0.3) is 11.5 Å². The van der Waals surface area contributed by atoms with E-state index < -0.39 is 0 Å². The molecule has 3 aliphatic rings. The SMILES string of the molecule is O=C(c1ccc2c(=O)n3c(nc2c1)CCCCCC3)N1CC[C@H]2CCCC[C@@H]2C1. The standard InChI is InChI=1S/C24H31N3O2/c28-23(26-14-12-17-7-4-5-8-19(17)16-26)18-10-11-20-21(15-18)25-22-9-3-1-2-6-13-27(22)24(20)29/h10-11,15,17,19H,1-9,12-14,16H2/t17-,19-/m1/s1. The first kappa shape index (κ1) is 18.8. The fraction of sp³-hybridized carbons (Fsp3) is 0.625. The molecular weight excluding hydrogens is 362 g/mol. The van der Waals surface area contributed by atoms with Crippen LogP contribution in [0.1, 0.15) is 74.0 Å². The van der Waals surface area contributed by atoms with Gasteiger partial charge in [0.05, 0.1) is 10.9 Å². The van der Waals surface area contributed by atoms with E-state index in [2.05, 4.69) is 0 Å². The molecule has 29 heavy (non-hydrogen) atoms. The molecule has 1 amide bonds. The van der Waals surface area contributed by atoms with E-state index in [1.165, 1.54) is 38.5 Å². The number of benzene rings is 1. The molecule has 1 aromatic carbocycles. The van der Waals surface area contributed by atoms with Crippen molar-refractivity contribution < 1.29 is 4.79 Å². The molecule has 0 spiro atoms. The van der Waals surface area contributed by atoms with Crippen LogP contribution < -0.4 is 5.56 Å². The Labute approximate surface area is 172 Å². The lowest BCUT2D eigenvalue weighted by Crippen LogP contribution is -2.44. The minimum atomic E-state index is 0.0499. The van der Waals surface area contributed by atoms with Gasteiger partial charge in [-0.05, 0) is 55.7 Å². The van der Waals surface area contributed by atoms with Crippen LogP contribution in [0.2, 0.25) is 0 Å². The van der Waals surface area contributed by atoms with Crippen molar-refractivity contribution in [3.63, 3.8) is 0 Å². The second-order valence-corrected chi connectivity index (χ2v) is 9.23. The number of hydrogen-bond donors (Lipinski definition) is 0. The van der Waals surface area contributed by atoms with Crippen molar-refractivity contribution in [2.24, 2.45) is 11.8 Å². The Bertz CT molecular complexity index is 980. The number of likely N-dealkylation sites (tertiary alicyclic amines) is 1. The molecule has 0 bridgehead atoms. The normalized spacial score (nSPS) is 25.0. The molecular formula is C24H31N3O2. The molecule has 154 valence electrons. The lowest BCUT2D eigenvalue weighted by molar-refractivity contribution is 0.0521. The van der Waals surface area contributed by atoms with Gasteiger partial charge in [0.1, 0.15) is 5.82 Å². The topological polar surface area (TPSA) is 55.2 Å². The van der Waals surface area contributed by atoms with Gasteiger partial charge in [-0.1, -0.05) is 32.1 Å². The molecule has 1 saturated carbocycles. The molecule has 1 aliphatic carbocycles. The number of aryl methyl sites for hydroxylation is 1. The van der Waals surface area contributed by atoms with Crippen molar-refractivity contribution in [1.29, 1.82) is 0 Å². The molecule has 2 atom stereocenters. The summed E-state index contributed by atoms with van der Waals surface area (Å²) in [6.07, 6.45) is 11.7. The van der Waals surface area contributed by atoms with Crippen LogP contribution in [0.25, 0.3) is 10.9 Å². The van der Waals surface area contributed by atoms with Gasteiger partial charge in [0.15, 0.2) is 0 Å². The second-order valence-electron chi connectivity index (χ2n) is 9.23. The van der Waals surface area contributed by atoms with Crippen LogP contribution in [0.3, 0.4) is 0 Å². The van der Waals surface area contributed by atoms with Gasteiger partial charge in [0, 0.05) is 31.6 Å². The van der Waals surface area contributed by atoms with E-state index in [0.29, 0.717) is 22.4 Å². The highest BCUT2D eigenvalue weighted by molar-refractivity contribution is 5.97. The Kier molecular flexibility index (Phi) is 5.15. The minimum Gasteiger partial charge on any atom is -0.338 e. The molecule has 1 saturated heterocycles. The first-order chi connectivity index (χ1) is 14.2. The highest BCUT2D eigenvalue weighted by Gasteiger charge is 2.33. The number of nitrogens with zero attached hydrogens (tertiary/aromatic N) is 3. The number of carbonyl (C=O) groups excluding carboxylic acids is 1. The van der Waals surface area contributed by atoms with Crippen molar-refractivity contribution in [3.8, 4) is 0 Å². The van der Waals surface area contributed by atoms with Crippen molar-refractivity contribution >= 4 is 16.8 Å². The third-order valence-corrected chi connectivity index (χ3v) is 7.39. The van der Waals surface area contributed by atoms with Crippen LogP contribution in [0.5, 0.6) is 0 Å². The van der Waals surface area contributed by atoms with Crippen molar-refractivity contribution in [3.05, 3.63) is 39.9 Å². The number of amides is 1. The van der Waals surface area contributed by atoms with Gasteiger partial charge in [-0.15, -0.1) is 0 Å². The number of fused-ring (bicyclic) bond motifs is 3. The van der Waals surface area contributed by atoms with E-state index in [1.54, 1.807) is 0 Å². The van der Waals surface area contributed by atoms with Crippen LogP contribution in [-0.4, -0.2) is 33.4 Å². The maximum Gasteiger partial charge on any atom is 0.261 e. The van der Waals surface area contributed by atoms with Crippen molar-refractivity contribution in [1.82, 2.24) is 14.5 Å². The summed E-state index contributed by atoms with van der Waals surface area (Å²) in [4.78, 5) is 33.1. The van der Waals surface area contributed by atoms with Crippen LogP contribution in [0.15, 0.2) is 23.0 Å². The molecule has 2 aliphatic heterocycles. The quantitative estimate of drug-likeness (QED) is 0.731. The van der Waals surface area contributed by atoms with E-state index in [4.69, 9.17) is 4.98 Å². The van der Waals surface area contributed by atoms with E-state index in [-0.39, 0.29) is 11.5 Å². The largest absolute Gasteiger partial charge is 0.338 e. The lowest BCUT2D eigenvalue weighted by Gasteiger charge is -2.41. The predicted octanol–water partition coefficient (Wildman–Crippen LogP) is 4.17. The Hall–Kier alpha value is -2.17. The van der Waals surface area contributed by atoms with Gasteiger partial charge in [0.2, 0.25) is 0 Å². The number of piperidine rings is 1. The highest BCUT2D eigenvalue weighted by Crippen LogP contribution is 2.36. The Morgan fingerprint density at radius 3 is 2.66 bits per heavy atom. The summed E-state index contributed by atoms with van der Waals surface area (Å²) in [6.45, 7) is 2.51. The summed E-state index contributed by atoms with van der Waals surface area (Å²) in [5.74, 6) is 2.47. The Morgan fingerprint density at radius 2 is 1.76 bits per heavy atom. The highest BCUT2D eigenvalue weighted by atomic mass is 16.2. The monoisotopic (exact) mass is 393 g/mol. The minimum absolute atomic E-state index is 0.0499. The first-order valence-corrected chi connectivity index (χ1v) is 11.5. The first-order valence-electron chi connectivity index (χ1n) is 11.5. The molecule has 5 nitrogen and oxygen atoms in total. The molecule has 0 radical (unpaired) electrons. The molecule has 5 rings (SSSR count). The molecule has 1 aromatic heterocycles. The van der Waals surface area contributed by atoms with E-state index in [1.807, 2.05) is 27.7 Å². The molecule has 2 fully saturated rings. The fourth-order valence-electron chi connectivity index (χ4n) is 5.70. The zero-order chi connectivity index (χ0) is 19.8. The third kappa shape index (κ3) is 3.60. The Balaban J connectivity index is 1.44. The summed E-state index contributed by atoms with van der Waals surface area (Å²) in [7, 11) is 0. The van der Waals surface area contributed by atoms with Crippen LogP contribution in [-0.2, 0) is 13.0 Å². The van der Waals surface area contributed by atoms with E-state index >= 15 is 0 Å². The fourth-order valence-corrected chi connectivity index (χ4v) is 5.70. The zero-order valence-electron chi connectivity index (χ0n) is 17.2. The van der Waals surface area contributed by atoms with Gasteiger partial charge >= 0.3 is 0 Å². The number of aromatic nitrogens is 2. The van der Waals surface area contributed by atoms with Gasteiger partial charge in [-0.3, -0.25) is 14.2 Å². The molecule has 0 unspecified atom stereocenters. The second kappa shape index (κ2) is 7.92. The number of carbonyl (C=O) groups is 1. The van der Waals surface area contributed by atoms with Crippen molar-refractivity contribution in [2.45, 2.75) is 70.8 Å². The van der Waals surface area contributed by atoms with Crippen LogP contribution >= 0.6 is 0 Å². The van der Waals surface area contributed by atoms with E-state index in [0.717, 1.165) is 57.1 Å². The Morgan fingerprint density at radius 1 is 0.931 bits per heavy atom. The average Bonchev–Trinajstić information content (AvgIpc) is 2.74. The van der Waals surface area contributed by atoms with Crippen LogP contribution in [0.4, 0.5) is 0 Å². The summed E-state index contributed by atoms with van der Waals surface area (Å²) in [6, 6.07) is 5.50. The summed E-state index contributed by atoms with van der Waals surface area (Å²) < 4.78 is 1.86. The third-order valence-electron chi connectivity index (χ3n) is 7.39. The summed E-state index contributed by atoms with van der Waals surface area (Å²) in [5, 5.41) is 0.636. The average molecular weight is 394 g/mol. The van der Waals surface area contributed by atoms with E-state index in [9.17, 15) is 9.59 Å². The molecule has 5 heteroatoms. The lowest BCUT2D eigenvalue weighted by atomic mass is 9.75. The predicted molar refractivity (Wildman–Crippen MR) is 114 cm³/mol. The summed E-state index contributed by atoms with van der Waals surface area (Å²) in [5.41, 5.74) is 1.41. The summed E-state index contributed by atoms with van der Waals surface area (Å²) >= 11 is 0. The zero-order valence-corrected chi connectivity index (χ0v) is 17.2. The molecule has 2 aromatic rings. The maximum atomic E-state index is 13.2. The van der Waals surface area contributed by atoms with Crippen molar-refractivity contribution in [2.75, 3.05) is 13.1 Å². The number of rotatable bonds is 1. The smallest absolute Gasteiger partial charge is 0.261 e. The van der Waals surface area contributed by atoms with Gasteiger partial charge in [-0.25, -0.2) is 4.98 Å².